The van der Waals surface area contributed by atoms with E-state index in [2.05, 4.69) is 5.32 Å². The molecule has 2 N–H and O–H groups in total. The number of amides is 2. The molecule has 1 saturated heterocycles. The predicted molar refractivity (Wildman–Crippen MR) is 86.5 cm³/mol. The van der Waals surface area contributed by atoms with E-state index < -0.39 is 5.97 Å². The minimum atomic E-state index is -0.770. The van der Waals surface area contributed by atoms with Gasteiger partial charge in [-0.2, -0.15) is 0 Å². The second-order valence-corrected chi connectivity index (χ2v) is 6.06. The van der Waals surface area contributed by atoms with Crippen LogP contribution in [0.2, 0.25) is 0 Å². The predicted octanol–water partition coefficient (Wildman–Crippen LogP) is 1.51. The topological polar surface area (TPSA) is 88.1 Å². The van der Waals surface area contributed by atoms with Crippen LogP contribution in [0.1, 0.15) is 18.4 Å². The number of urea groups is 1. The van der Waals surface area contributed by atoms with Crippen molar-refractivity contribution in [3.05, 3.63) is 23.8 Å². The Labute approximate surface area is 140 Å². The van der Waals surface area contributed by atoms with Crippen LogP contribution in [-0.4, -0.2) is 54.9 Å². The lowest BCUT2D eigenvalue weighted by molar-refractivity contribution is -0.143. The molecule has 1 fully saturated rings. The Morgan fingerprint density at radius 2 is 1.88 bits per heavy atom. The van der Waals surface area contributed by atoms with Gasteiger partial charge >= 0.3 is 12.0 Å². The summed E-state index contributed by atoms with van der Waals surface area (Å²) in [6.45, 7) is 2.64. The number of benzene rings is 1. The summed E-state index contributed by atoms with van der Waals surface area (Å²) >= 11 is 0. The number of nitrogens with zero attached hydrogens (tertiary/aromatic N) is 1. The lowest BCUT2D eigenvalue weighted by atomic mass is 9.97. The summed E-state index contributed by atoms with van der Waals surface area (Å²) in [6.07, 6.45) is 1.74. The molecule has 2 heterocycles. The highest BCUT2D eigenvalue weighted by atomic mass is 16.6. The maximum Gasteiger partial charge on any atom is 0.317 e. The molecule has 2 amide bonds. The van der Waals surface area contributed by atoms with E-state index in [9.17, 15) is 9.59 Å². The summed E-state index contributed by atoms with van der Waals surface area (Å²) < 4.78 is 11.0. The molecule has 0 aliphatic carbocycles. The molecule has 24 heavy (non-hydrogen) atoms. The monoisotopic (exact) mass is 334 g/mol. The van der Waals surface area contributed by atoms with E-state index in [1.165, 1.54) is 0 Å². The number of carbonyl (C=O) groups excluding carboxylic acids is 1. The number of rotatable bonds is 4. The molecule has 1 aromatic carbocycles. The second kappa shape index (κ2) is 7.42. The highest BCUT2D eigenvalue weighted by Gasteiger charge is 2.26. The molecule has 0 saturated carbocycles. The largest absolute Gasteiger partial charge is 0.486 e. The van der Waals surface area contributed by atoms with Crippen LogP contribution in [0.15, 0.2) is 18.2 Å². The molecule has 130 valence electrons. The fourth-order valence-electron chi connectivity index (χ4n) is 3.00. The van der Waals surface area contributed by atoms with E-state index in [0.29, 0.717) is 52.1 Å². The molecule has 0 spiro atoms. The number of carbonyl (C=O) groups is 2. The Hall–Kier alpha value is -2.44. The number of nitrogens with one attached hydrogen (secondary N) is 1. The lowest BCUT2D eigenvalue weighted by Crippen LogP contribution is -2.45. The van der Waals surface area contributed by atoms with Crippen LogP contribution in [0.5, 0.6) is 11.5 Å². The Morgan fingerprint density at radius 3 is 2.58 bits per heavy atom. The third-order valence-corrected chi connectivity index (χ3v) is 4.43. The molecule has 3 rings (SSSR count). The Balaban J connectivity index is 1.43. The molecule has 0 unspecified atom stereocenters. The first kappa shape index (κ1) is 16.4. The van der Waals surface area contributed by atoms with E-state index in [1.54, 1.807) is 4.90 Å². The Morgan fingerprint density at radius 1 is 1.17 bits per heavy atom. The van der Waals surface area contributed by atoms with Gasteiger partial charge in [0.05, 0.1) is 5.92 Å². The molecule has 1 aromatic rings. The van der Waals surface area contributed by atoms with Crippen LogP contribution < -0.4 is 14.8 Å². The van der Waals surface area contributed by atoms with E-state index in [1.807, 2.05) is 18.2 Å². The molecule has 2 aliphatic heterocycles. The number of likely N-dealkylation sites (tertiary alicyclic amines) is 1. The molecule has 0 radical (unpaired) electrons. The maximum absolute atomic E-state index is 12.1. The molecule has 0 bridgehead atoms. The van der Waals surface area contributed by atoms with Crippen molar-refractivity contribution in [1.82, 2.24) is 10.2 Å². The van der Waals surface area contributed by atoms with Gasteiger partial charge in [0.25, 0.3) is 0 Å². The van der Waals surface area contributed by atoms with Crippen LogP contribution in [0, 0.1) is 5.92 Å². The zero-order valence-corrected chi connectivity index (χ0v) is 13.5. The van der Waals surface area contributed by atoms with Gasteiger partial charge in [-0.25, -0.2) is 4.79 Å². The average Bonchev–Trinajstić information content (AvgIpc) is 2.61. The van der Waals surface area contributed by atoms with Crippen molar-refractivity contribution in [3.63, 3.8) is 0 Å². The lowest BCUT2D eigenvalue weighted by Gasteiger charge is -2.30. The van der Waals surface area contributed by atoms with Gasteiger partial charge in [-0.05, 0) is 37.0 Å². The fraction of sp³-hybridized carbons (Fsp3) is 0.529. The summed E-state index contributed by atoms with van der Waals surface area (Å²) in [5.74, 6) is 0.414. The number of carboxylic acid groups (broad SMARTS) is 1. The van der Waals surface area contributed by atoms with Gasteiger partial charge in [0.2, 0.25) is 0 Å². The minimum Gasteiger partial charge on any atom is -0.486 e. The number of aliphatic carboxylic acids is 1. The van der Waals surface area contributed by atoms with E-state index in [-0.39, 0.29) is 11.9 Å². The van der Waals surface area contributed by atoms with Gasteiger partial charge in [-0.3, -0.25) is 4.79 Å². The molecule has 7 nitrogen and oxygen atoms in total. The quantitative estimate of drug-likeness (QED) is 0.871. The first-order chi connectivity index (χ1) is 11.6. The van der Waals surface area contributed by atoms with Crippen molar-refractivity contribution in [1.29, 1.82) is 0 Å². The van der Waals surface area contributed by atoms with Gasteiger partial charge in [-0.1, -0.05) is 6.07 Å². The van der Waals surface area contributed by atoms with Crippen molar-refractivity contribution in [2.75, 3.05) is 32.8 Å². The van der Waals surface area contributed by atoms with Crippen molar-refractivity contribution in [2.24, 2.45) is 5.92 Å². The maximum atomic E-state index is 12.1. The van der Waals surface area contributed by atoms with Gasteiger partial charge in [-0.15, -0.1) is 0 Å². The van der Waals surface area contributed by atoms with E-state index in [0.717, 1.165) is 17.1 Å². The molecule has 7 heteroatoms. The second-order valence-electron chi connectivity index (χ2n) is 6.06. The number of hydrogen-bond acceptors (Lipinski definition) is 4. The molecular weight excluding hydrogens is 312 g/mol. The van der Waals surface area contributed by atoms with Crippen LogP contribution in [-0.2, 0) is 11.2 Å². The number of carboxylic acids is 1. The van der Waals surface area contributed by atoms with Crippen molar-refractivity contribution in [3.8, 4) is 11.5 Å². The van der Waals surface area contributed by atoms with Crippen LogP contribution >= 0.6 is 0 Å². The average molecular weight is 334 g/mol. The molecular formula is C17H22N2O5. The van der Waals surface area contributed by atoms with Crippen LogP contribution in [0.25, 0.3) is 0 Å². The standard InChI is InChI=1S/C17H22N2O5/c20-16(21)13-4-7-19(8-5-13)17(22)18-6-3-12-1-2-14-15(11-12)24-10-9-23-14/h1-2,11,13H,3-10H2,(H,18,22)(H,20,21). The smallest absolute Gasteiger partial charge is 0.317 e. The summed E-state index contributed by atoms with van der Waals surface area (Å²) in [5.41, 5.74) is 1.07. The van der Waals surface area contributed by atoms with Crippen molar-refractivity contribution in [2.45, 2.75) is 19.3 Å². The third kappa shape index (κ3) is 3.90. The fourth-order valence-corrected chi connectivity index (χ4v) is 3.00. The van der Waals surface area contributed by atoms with E-state index >= 15 is 0 Å². The number of piperidine rings is 1. The molecule has 2 aliphatic rings. The summed E-state index contributed by atoms with van der Waals surface area (Å²) in [6, 6.07) is 5.68. The van der Waals surface area contributed by atoms with Gasteiger partial charge < -0.3 is 24.8 Å². The Kier molecular flexibility index (Phi) is 5.08. The van der Waals surface area contributed by atoms with Gasteiger partial charge in [0.1, 0.15) is 13.2 Å². The first-order valence-corrected chi connectivity index (χ1v) is 8.27. The van der Waals surface area contributed by atoms with Crippen LogP contribution in [0.4, 0.5) is 4.79 Å². The number of ether oxygens (including phenoxy) is 2. The summed E-state index contributed by atoms with van der Waals surface area (Å²) in [5, 5.41) is 11.9. The third-order valence-electron chi connectivity index (χ3n) is 4.43. The summed E-state index contributed by atoms with van der Waals surface area (Å²) in [4.78, 5) is 24.7. The zero-order valence-electron chi connectivity index (χ0n) is 13.5. The van der Waals surface area contributed by atoms with Crippen LogP contribution in [0.3, 0.4) is 0 Å². The highest BCUT2D eigenvalue weighted by molar-refractivity contribution is 5.75. The SMILES string of the molecule is O=C(O)C1CCN(C(=O)NCCc2ccc3c(c2)OCCO3)CC1. The zero-order chi connectivity index (χ0) is 16.9. The Bertz CT molecular complexity index is 611. The minimum absolute atomic E-state index is 0.128. The first-order valence-electron chi connectivity index (χ1n) is 8.27. The molecule has 0 atom stereocenters. The van der Waals surface area contributed by atoms with E-state index in [4.69, 9.17) is 14.6 Å². The molecule has 0 aromatic heterocycles. The van der Waals surface area contributed by atoms with Crippen molar-refractivity contribution >= 4 is 12.0 Å². The van der Waals surface area contributed by atoms with Crippen molar-refractivity contribution < 1.29 is 24.2 Å². The van der Waals surface area contributed by atoms with Gasteiger partial charge in [0.15, 0.2) is 11.5 Å². The number of fused-ring (bicyclic) bond motifs is 1. The summed E-state index contributed by atoms with van der Waals surface area (Å²) in [7, 11) is 0. The highest BCUT2D eigenvalue weighted by Crippen LogP contribution is 2.30. The normalized spacial score (nSPS) is 17.4. The van der Waals surface area contributed by atoms with Gasteiger partial charge in [0, 0.05) is 19.6 Å². The number of hydrogen-bond donors (Lipinski definition) is 2.